The van der Waals surface area contributed by atoms with Crippen LogP contribution in [0.2, 0.25) is 0 Å². The average Bonchev–Trinajstić information content (AvgIpc) is 3.96. The lowest BCUT2D eigenvalue weighted by molar-refractivity contribution is 0.443. The van der Waals surface area contributed by atoms with Gasteiger partial charge in [0.05, 0.1) is 10.9 Å². The molecular weight excluding hydrogens is 797 g/mol. The number of nitrogens with zero attached hydrogens (tertiary/aromatic N) is 2. The van der Waals surface area contributed by atoms with Gasteiger partial charge in [0.1, 0.15) is 0 Å². The van der Waals surface area contributed by atoms with E-state index in [1.807, 2.05) is 4.90 Å². The molecule has 0 saturated heterocycles. The lowest BCUT2D eigenvalue weighted by Crippen LogP contribution is -2.26. The Labute approximate surface area is 395 Å². The van der Waals surface area contributed by atoms with Crippen LogP contribution >= 0.6 is 0 Å². The fourth-order valence-electron chi connectivity index (χ4n) is 12.3. The largest absolute Gasteiger partial charge is 0.310 e. The van der Waals surface area contributed by atoms with E-state index in [2.05, 4.69) is 207 Å². The molecule has 1 saturated carbocycles. The minimum absolute atomic E-state index is 0.00812. The monoisotopic (exact) mass is 852 g/mol. The Morgan fingerprint density at radius 3 is 1.27 bits per heavy atom. The van der Waals surface area contributed by atoms with Gasteiger partial charge in [0.25, 0.3) is 0 Å². The molecule has 0 bridgehead atoms. The van der Waals surface area contributed by atoms with Crippen molar-refractivity contribution in [2.45, 2.75) is 62.7 Å². The van der Waals surface area contributed by atoms with E-state index in [4.69, 9.17) is 0 Å². The van der Waals surface area contributed by atoms with Crippen LogP contribution in [0.4, 0.5) is 34.1 Å². The molecule has 0 amide bonds. The molecule has 0 aromatic heterocycles. The second kappa shape index (κ2) is 15.1. The van der Waals surface area contributed by atoms with Gasteiger partial charge in [0.15, 0.2) is 0 Å². The zero-order chi connectivity index (χ0) is 47.5. The molecular formula is C64H52N2. The van der Waals surface area contributed by atoms with Gasteiger partial charge in [-0.2, -0.15) is 0 Å². The highest BCUT2D eigenvalue weighted by atomic mass is 15.1. The number of anilines is 6. The Hall–Kier alpha value is -7.42. The lowest BCUT2D eigenvalue weighted by Gasteiger charge is -2.33. The second-order valence-corrected chi connectivity index (χ2v) is 19.1. The Bertz CT molecular complexity index is 3500. The van der Waals surface area contributed by atoms with Gasteiger partial charge in [-0.3, -0.25) is 0 Å². The molecule has 13 rings (SSSR count). The van der Waals surface area contributed by atoms with E-state index in [0.717, 1.165) is 71.7 Å². The molecule has 4 aliphatic carbocycles. The normalized spacial score (nSPS) is 17.9. The summed E-state index contributed by atoms with van der Waals surface area (Å²) in [5.41, 5.74) is 18.8. The van der Waals surface area contributed by atoms with Crippen LogP contribution in [0.25, 0.3) is 33.4 Å². The summed E-state index contributed by atoms with van der Waals surface area (Å²) >= 11 is 0. The molecule has 1 unspecified atom stereocenters. The van der Waals surface area contributed by atoms with Crippen molar-refractivity contribution in [3.8, 4) is 33.4 Å². The highest BCUT2D eigenvalue weighted by Crippen LogP contribution is 2.64. The van der Waals surface area contributed by atoms with E-state index in [-0.39, 0.29) is 41.2 Å². The Morgan fingerprint density at radius 2 is 0.758 bits per heavy atom. The molecule has 318 valence electrons. The summed E-state index contributed by atoms with van der Waals surface area (Å²) in [6, 6.07) is 67.8. The van der Waals surface area contributed by atoms with Crippen LogP contribution < -0.4 is 9.80 Å². The highest BCUT2D eigenvalue weighted by molar-refractivity contribution is 5.98. The fraction of sp³-hybridized carbons (Fsp3) is 0.156. The van der Waals surface area contributed by atoms with Crippen molar-refractivity contribution >= 4 is 34.1 Å². The van der Waals surface area contributed by atoms with Crippen molar-refractivity contribution < 1.29 is 5.48 Å². The molecule has 1 fully saturated rings. The third-order valence-corrected chi connectivity index (χ3v) is 15.3. The second-order valence-electron chi connectivity index (χ2n) is 19.1. The molecule has 0 aliphatic heterocycles. The molecule has 2 nitrogen and oxygen atoms in total. The maximum Gasteiger partial charge on any atom is 0.0727 e. The van der Waals surface area contributed by atoms with E-state index >= 15 is 0 Å². The summed E-state index contributed by atoms with van der Waals surface area (Å²) in [5, 5.41) is 0. The molecule has 0 radical (unpaired) electrons. The molecule has 9 aromatic rings. The van der Waals surface area contributed by atoms with E-state index in [1.54, 1.807) is 0 Å². The predicted molar refractivity (Wildman–Crippen MR) is 275 cm³/mol. The summed E-state index contributed by atoms with van der Waals surface area (Å²) < 4.78 is 39.2. The maximum atomic E-state index is 9.94. The van der Waals surface area contributed by atoms with E-state index < -0.39 is 5.41 Å². The molecule has 0 N–H and O–H groups in total. The van der Waals surface area contributed by atoms with E-state index in [1.165, 1.54) is 55.6 Å². The van der Waals surface area contributed by atoms with Crippen LogP contribution in [0.3, 0.4) is 0 Å². The molecule has 1 atom stereocenters. The van der Waals surface area contributed by atoms with Crippen molar-refractivity contribution in [1.82, 2.24) is 0 Å². The number of rotatable bonds is 7. The summed E-state index contributed by atoms with van der Waals surface area (Å²) in [7, 11) is 0. The third-order valence-electron chi connectivity index (χ3n) is 15.3. The van der Waals surface area contributed by atoms with Crippen molar-refractivity contribution in [3.63, 3.8) is 0 Å². The van der Waals surface area contributed by atoms with Gasteiger partial charge in [-0.25, -0.2) is 0 Å². The molecule has 0 heterocycles. The smallest absolute Gasteiger partial charge is 0.0727 e. The Morgan fingerprint density at radius 1 is 0.364 bits per heavy atom. The molecule has 2 heteroatoms. The van der Waals surface area contributed by atoms with E-state index in [0.29, 0.717) is 5.56 Å². The number of hydrogen-bond acceptors (Lipinski definition) is 2. The standard InChI is InChI=1S/C64H52N2/c1-63(2)57-27-15-12-24-51(57)54-37-34-48(40-60(54)63)66(47-32-30-44(31-33-47)43-18-6-3-7-19-43)50-36-39-56-53-26-14-17-29-59(53)64(62(56)42-50)58-28-16-13-25-52(58)55-38-35-49(41-61(55)64)65(45-20-8-4-9-21-45)46-22-10-5-11-23-46/h4-5,8-17,20-43H,3,6-7,18-19H2,1-2H3/i30D,31D,32D,33D. The first-order chi connectivity index (χ1) is 34.2. The van der Waals surface area contributed by atoms with Gasteiger partial charge in [0.2, 0.25) is 0 Å². The summed E-state index contributed by atoms with van der Waals surface area (Å²) in [4.78, 5) is 4.37. The van der Waals surface area contributed by atoms with Crippen LogP contribution in [-0.2, 0) is 10.8 Å². The molecule has 9 aromatic carbocycles. The molecule has 1 spiro atoms. The van der Waals surface area contributed by atoms with Crippen LogP contribution in [0, 0.1) is 0 Å². The summed E-state index contributed by atoms with van der Waals surface area (Å²) in [6.45, 7) is 4.55. The number of hydrogen-bond donors (Lipinski definition) is 0. The van der Waals surface area contributed by atoms with Gasteiger partial charge in [0, 0.05) is 39.5 Å². The third kappa shape index (κ3) is 5.73. The molecule has 66 heavy (non-hydrogen) atoms. The summed E-state index contributed by atoms with van der Waals surface area (Å²) in [6.07, 6.45) is 4.98. The van der Waals surface area contributed by atoms with Gasteiger partial charge >= 0.3 is 0 Å². The SMILES string of the molecule is [2H]c1c([2H])c(N(c2ccc3c(c2)C(C)(C)c2ccccc2-3)c2ccc3c(c2)C2(c4ccccc4-c4ccc(N(c5ccccc5)c5ccccc5)cc42)c2ccccc2-3)c([2H])c([2H])c1C1CCCCC1. The quantitative estimate of drug-likeness (QED) is 0.158. The summed E-state index contributed by atoms with van der Waals surface area (Å²) in [5.74, 6) is 0.00852. The van der Waals surface area contributed by atoms with E-state index in [9.17, 15) is 5.48 Å². The minimum atomic E-state index is -0.726. The number of fused-ring (bicyclic) bond motifs is 13. The topological polar surface area (TPSA) is 6.48 Å². The predicted octanol–water partition coefficient (Wildman–Crippen LogP) is 17.3. The zero-order valence-corrected chi connectivity index (χ0v) is 37.4. The highest BCUT2D eigenvalue weighted by Gasteiger charge is 2.52. The Balaban J connectivity index is 1.07. The van der Waals surface area contributed by atoms with Gasteiger partial charge in [-0.15, -0.1) is 0 Å². The van der Waals surface area contributed by atoms with Crippen LogP contribution in [0.15, 0.2) is 212 Å². The molecule has 4 aliphatic rings. The van der Waals surface area contributed by atoms with Crippen molar-refractivity contribution in [1.29, 1.82) is 0 Å². The number of benzene rings is 9. The first-order valence-corrected chi connectivity index (χ1v) is 23.7. The van der Waals surface area contributed by atoms with Crippen molar-refractivity contribution in [2.24, 2.45) is 0 Å². The van der Waals surface area contributed by atoms with Gasteiger partial charge in [-0.05, 0) is 164 Å². The zero-order valence-electron chi connectivity index (χ0n) is 41.4. The minimum Gasteiger partial charge on any atom is -0.310 e. The maximum absolute atomic E-state index is 9.94. The number of para-hydroxylation sites is 2. The Kier molecular flexibility index (Phi) is 7.98. The van der Waals surface area contributed by atoms with Gasteiger partial charge < -0.3 is 9.80 Å². The van der Waals surface area contributed by atoms with Crippen molar-refractivity contribution in [3.05, 3.63) is 251 Å². The van der Waals surface area contributed by atoms with Crippen molar-refractivity contribution in [2.75, 3.05) is 9.80 Å². The first-order valence-electron chi connectivity index (χ1n) is 25.7. The van der Waals surface area contributed by atoms with Gasteiger partial charge in [-0.1, -0.05) is 173 Å². The van der Waals surface area contributed by atoms with Crippen LogP contribution in [0.1, 0.15) is 96.3 Å². The fourth-order valence-corrected chi connectivity index (χ4v) is 12.3. The average molecular weight is 853 g/mol. The first kappa shape index (κ1) is 34.9. The lowest BCUT2D eigenvalue weighted by atomic mass is 9.70. The van der Waals surface area contributed by atoms with Crippen LogP contribution in [0.5, 0.6) is 0 Å². The van der Waals surface area contributed by atoms with Crippen LogP contribution in [-0.4, -0.2) is 0 Å².